The Hall–Kier alpha value is -0.250. The number of rotatable bonds is 15. The minimum atomic E-state index is -1.28. The fraction of sp³-hybridized carbons (Fsp3) is 1.00. The predicted octanol–water partition coefficient (Wildman–Crippen LogP) is 11.8. The topological polar surface area (TPSA) is 9.23 Å². The van der Waals surface area contributed by atoms with E-state index in [9.17, 15) is 0 Å². The van der Waals surface area contributed by atoms with Gasteiger partial charge in [-0.05, 0) is 125 Å². The molecule has 4 saturated carbocycles. The second-order valence-electron chi connectivity index (χ2n) is 15.1. The van der Waals surface area contributed by atoms with Gasteiger partial charge in [0.2, 0.25) is 0 Å². The van der Waals surface area contributed by atoms with Crippen LogP contribution in [0.2, 0.25) is 0 Å². The van der Waals surface area contributed by atoms with Crippen LogP contribution < -0.4 is 0 Å². The molecule has 7 unspecified atom stereocenters. The number of alkyl halides is 3. The monoisotopic (exact) mass is 582 g/mol. The number of hydrogen-bond acceptors (Lipinski definition) is 1. The Morgan fingerprint density at radius 2 is 1.17 bits per heavy atom. The summed E-state index contributed by atoms with van der Waals surface area (Å²) in [4.78, 5) is 0. The summed E-state index contributed by atoms with van der Waals surface area (Å²) in [6.07, 6.45) is 22.7. The first-order valence-corrected chi connectivity index (χ1v) is 18.5. The highest BCUT2D eigenvalue weighted by molar-refractivity contribution is 4.93. The lowest BCUT2D eigenvalue weighted by Crippen LogP contribution is -2.42. The Morgan fingerprint density at radius 1 is 0.537 bits per heavy atom. The molecule has 0 aromatic carbocycles. The number of unbranched alkanes of at least 4 members (excludes halogenated alkanes) is 5. The molecule has 0 spiro atoms. The summed E-state index contributed by atoms with van der Waals surface area (Å²) in [7, 11) is 0. The van der Waals surface area contributed by atoms with Crippen molar-refractivity contribution in [3.63, 3.8) is 0 Å². The summed E-state index contributed by atoms with van der Waals surface area (Å²) in [5.41, 5.74) is 0. The highest BCUT2D eigenvalue weighted by atomic mass is 19.2. The molecule has 0 bridgehead atoms. The van der Waals surface area contributed by atoms with Crippen LogP contribution >= 0.6 is 0 Å². The quantitative estimate of drug-likeness (QED) is 0.175. The molecule has 4 aliphatic rings. The lowest BCUT2D eigenvalue weighted by Gasteiger charge is -2.42. The van der Waals surface area contributed by atoms with E-state index in [1.54, 1.807) is 0 Å². The zero-order valence-corrected chi connectivity index (χ0v) is 26.9. The average molecular weight is 583 g/mol. The maximum absolute atomic E-state index is 15.4. The van der Waals surface area contributed by atoms with Crippen molar-refractivity contribution in [2.45, 2.75) is 186 Å². The summed E-state index contributed by atoms with van der Waals surface area (Å²) in [5, 5.41) is 0. The second kappa shape index (κ2) is 17.9. The molecule has 7 atom stereocenters. The first kappa shape index (κ1) is 33.6. The molecule has 0 aromatic rings. The van der Waals surface area contributed by atoms with E-state index in [0.29, 0.717) is 29.8 Å². The van der Waals surface area contributed by atoms with E-state index in [-0.39, 0.29) is 17.8 Å². The van der Waals surface area contributed by atoms with Crippen LogP contribution in [0, 0.1) is 41.4 Å². The van der Waals surface area contributed by atoms with E-state index < -0.39 is 18.5 Å². The molecule has 0 saturated heterocycles. The van der Waals surface area contributed by atoms with Gasteiger partial charge in [-0.25, -0.2) is 13.2 Å². The smallest absolute Gasteiger partial charge is 0.134 e. The predicted molar refractivity (Wildman–Crippen MR) is 166 cm³/mol. The second-order valence-corrected chi connectivity index (χ2v) is 15.1. The Balaban J connectivity index is 1.10. The maximum atomic E-state index is 15.4. The highest BCUT2D eigenvalue weighted by Gasteiger charge is 2.44. The van der Waals surface area contributed by atoms with Crippen LogP contribution in [0.5, 0.6) is 0 Å². The van der Waals surface area contributed by atoms with Crippen molar-refractivity contribution in [3.05, 3.63) is 0 Å². The van der Waals surface area contributed by atoms with Gasteiger partial charge < -0.3 is 4.74 Å². The van der Waals surface area contributed by atoms with Gasteiger partial charge in [-0.2, -0.15) is 0 Å². The molecule has 4 fully saturated rings. The van der Waals surface area contributed by atoms with E-state index in [1.807, 2.05) is 0 Å². The molecule has 41 heavy (non-hydrogen) atoms. The fourth-order valence-electron chi connectivity index (χ4n) is 9.50. The Bertz CT molecular complexity index is 686. The third kappa shape index (κ3) is 10.1. The lowest BCUT2D eigenvalue weighted by molar-refractivity contribution is -0.0350. The summed E-state index contributed by atoms with van der Waals surface area (Å²) in [5.74, 6) is 2.24. The largest absolute Gasteiger partial charge is 0.378 e. The van der Waals surface area contributed by atoms with Gasteiger partial charge in [0.15, 0.2) is 0 Å². The SMILES string of the molecule is CCCCCCCC1CCC(C2CCC(CCC3CCC(C4CCC(OCCCC)CC4)C(F)C3F)CC2)C(F)C1. The van der Waals surface area contributed by atoms with Crippen LogP contribution in [0.25, 0.3) is 0 Å². The Labute approximate surface area is 251 Å². The molecule has 0 amide bonds. The normalized spacial score (nSPS) is 40.5. The third-order valence-electron chi connectivity index (χ3n) is 12.3. The molecular weight excluding hydrogens is 517 g/mol. The van der Waals surface area contributed by atoms with Gasteiger partial charge >= 0.3 is 0 Å². The van der Waals surface area contributed by atoms with Gasteiger partial charge in [0.25, 0.3) is 0 Å². The molecule has 4 heteroatoms. The lowest BCUT2D eigenvalue weighted by atomic mass is 9.66. The van der Waals surface area contributed by atoms with Crippen molar-refractivity contribution >= 4 is 0 Å². The zero-order chi connectivity index (χ0) is 29.0. The molecule has 0 N–H and O–H groups in total. The van der Waals surface area contributed by atoms with Crippen LogP contribution in [0.1, 0.15) is 162 Å². The molecular formula is C37H65F3O. The van der Waals surface area contributed by atoms with Crippen LogP contribution in [0.4, 0.5) is 13.2 Å². The number of hydrogen-bond donors (Lipinski definition) is 0. The molecule has 240 valence electrons. The summed E-state index contributed by atoms with van der Waals surface area (Å²) in [6, 6.07) is 0. The summed E-state index contributed by atoms with van der Waals surface area (Å²) < 4.78 is 52.0. The first-order valence-electron chi connectivity index (χ1n) is 18.5. The maximum Gasteiger partial charge on any atom is 0.134 e. The Kier molecular flexibility index (Phi) is 14.7. The van der Waals surface area contributed by atoms with Crippen LogP contribution in [0.15, 0.2) is 0 Å². The molecule has 0 heterocycles. The molecule has 0 aromatic heterocycles. The van der Waals surface area contributed by atoms with Crippen LogP contribution in [-0.2, 0) is 4.74 Å². The van der Waals surface area contributed by atoms with Crippen molar-refractivity contribution in [1.82, 2.24) is 0 Å². The van der Waals surface area contributed by atoms with Gasteiger partial charge in [0.05, 0.1) is 6.10 Å². The summed E-state index contributed by atoms with van der Waals surface area (Å²) in [6.45, 7) is 5.28. The van der Waals surface area contributed by atoms with E-state index in [2.05, 4.69) is 13.8 Å². The van der Waals surface area contributed by atoms with Crippen LogP contribution in [0.3, 0.4) is 0 Å². The third-order valence-corrected chi connectivity index (χ3v) is 12.3. The molecule has 4 rings (SSSR count). The molecule has 0 aliphatic heterocycles. The highest BCUT2D eigenvalue weighted by Crippen LogP contribution is 2.47. The van der Waals surface area contributed by atoms with Crippen molar-refractivity contribution in [1.29, 1.82) is 0 Å². The Morgan fingerprint density at radius 3 is 1.88 bits per heavy atom. The fourth-order valence-corrected chi connectivity index (χ4v) is 9.50. The van der Waals surface area contributed by atoms with Crippen LogP contribution in [-0.4, -0.2) is 31.2 Å². The standard InChI is InChI=1S/C37H65F3O/c1-3-5-7-8-9-10-28-14-23-33(35(38)26-28)29-15-11-27(12-16-29)13-17-31-20-24-34(37(40)36(31)39)30-18-21-32(22-19-30)41-25-6-4-2/h27-37H,3-26H2,1-2H3. The minimum absolute atomic E-state index is 0.0851. The van der Waals surface area contributed by atoms with Gasteiger partial charge in [-0.1, -0.05) is 78.1 Å². The van der Waals surface area contributed by atoms with Gasteiger partial charge in [-0.15, -0.1) is 0 Å². The van der Waals surface area contributed by atoms with Crippen molar-refractivity contribution in [2.75, 3.05) is 6.61 Å². The zero-order valence-electron chi connectivity index (χ0n) is 26.9. The minimum Gasteiger partial charge on any atom is -0.378 e. The van der Waals surface area contributed by atoms with Gasteiger partial charge in [0.1, 0.15) is 18.5 Å². The number of halogens is 3. The van der Waals surface area contributed by atoms with Gasteiger partial charge in [0, 0.05) is 6.61 Å². The molecule has 0 radical (unpaired) electrons. The van der Waals surface area contributed by atoms with Gasteiger partial charge in [-0.3, -0.25) is 0 Å². The number of ether oxygens (including phenoxy) is 1. The average Bonchev–Trinajstić information content (AvgIpc) is 2.99. The molecule has 4 aliphatic carbocycles. The van der Waals surface area contributed by atoms with E-state index in [4.69, 9.17) is 4.74 Å². The summed E-state index contributed by atoms with van der Waals surface area (Å²) >= 11 is 0. The molecule has 1 nitrogen and oxygen atoms in total. The first-order chi connectivity index (χ1) is 20.0. The van der Waals surface area contributed by atoms with E-state index >= 15 is 13.2 Å². The van der Waals surface area contributed by atoms with Crippen molar-refractivity contribution in [2.24, 2.45) is 41.4 Å². The van der Waals surface area contributed by atoms with Crippen molar-refractivity contribution in [3.8, 4) is 0 Å². The van der Waals surface area contributed by atoms with E-state index in [0.717, 1.165) is 96.5 Å². The van der Waals surface area contributed by atoms with Crippen molar-refractivity contribution < 1.29 is 17.9 Å². The van der Waals surface area contributed by atoms with E-state index in [1.165, 1.54) is 57.8 Å².